The van der Waals surface area contributed by atoms with E-state index in [1.165, 1.54) is 30.6 Å². The van der Waals surface area contributed by atoms with Crippen LogP contribution in [0.2, 0.25) is 0 Å². The summed E-state index contributed by atoms with van der Waals surface area (Å²) in [6.45, 7) is 1.82. The normalized spacial score (nSPS) is 13.1. The third-order valence-corrected chi connectivity index (χ3v) is 5.60. The Hall–Kier alpha value is -1.41. The number of sulfonamides is 1. The van der Waals surface area contributed by atoms with Gasteiger partial charge >= 0.3 is 0 Å². The van der Waals surface area contributed by atoms with Gasteiger partial charge in [-0.3, -0.25) is 0 Å². The number of thiophene rings is 1. The van der Waals surface area contributed by atoms with Gasteiger partial charge in [-0.05, 0) is 48.2 Å². The molecule has 0 fully saturated rings. The van der Waals surface area contributed by atoms with Gasteiger partial charge < -0.3 is 9.84 Å². The van der Waals surface area contributed by atoms with Crippen molar-refractivity contribution in [1.82, 2.24) is 4.72 Å². The van der Waals surface area contributed by atoms with E-state index in [-0.39, 0.29) is 11.4 Å². The zero-order valence-corrected chi connectivity index (χ0v) is 13.4. The molecule has 1 unspecified atom stereocenters. The molecule has 0 bridgehead atoms. The van der Waals surface area contributed by atoms with E-state index in [4.69, 9.17) is 4.74 Å². The zero-order valence-electron chi connectivity index (χ0n) is 11.7. The highest BCUT2D eigenvalue weighted by Crippen LogP contribution is 2.23. The van der Waals surface area contributed by atoms with Crippen LogP contribution < -0.4 is 9.46 Å². The van der Waals surface area contributed by atoms with Gasteiger partial charge in [0.15, 0.2) is 0 Å². The maximum absolute atomic E-state index is 12.1. The van der Waals surface area contributed by atoms with Crippen LogP contribution >= 0.6 is 11.3 Å². The van der Waals surface area contributed by atoms with E-state index >= 15 is 0 Å². The Labute approximate surface area is 128 Å². The van der Waals surface area contributed by atoms with Crippen molar-refractivity contribution in [3.63, 3.8) is 0 Å². The molecule has 1 atom stereocenters. The lowest BCUT2D eigenvalue weighted by atomic mass is 10.2. The van der Waals surface area contributed by atoms with E-state index in [1.54, 1.807) is 12.1 Å². The van der Waals surface area contributed by atoms with Crippen LogP contribution in [-0.2, 0) is 10.0 Å². The number of ether oxygens (including phenoxy) is 1. The molecule has 1 aromatic heterocycles. The summed E-state index contributed by atoms with van der Waals surface area (Å²) in [6.07, 6.45) is -0.849. The fourth-order valence-electron chi connectivity index (χ4n) is 1.85. The quantitative estimate of drug-likeness (QED) is 0.852. The van der Waals surface area contributed by atoms with Gasteiger partial charge in [0.1, 0.15) is 11.9 Å². The Kier molecular flexibility index (Phi) is 5.00. The van der Waals surface area contributed by atoms with Crippen LogP contribution in [0.25, 0.3) is 0 Å². The molecule has 2 aromatic rings. The Morgan fingerprint density at radius 3 is 2.48 bits per heavy atom. The molecule has 0 aliphatic rings. The number of rotatable bonds is 6. The molecular formula is C14H17NO4S2. The van der Waals surface area contributed by atoms with Crippen LogP contribution in [0, 0.1) is 6.92 Å². The molecule has 114 valence electrons. The number of hydrogen-bond acceptors (Lipinski definition) is 5. The fraction of sp³-hybridized carbons (Fsp3) is 0.286. The summed E-state index contributed by atoms with van der Waals surface area (Å²) in [5, 5.41) is 11.9. The largest absolute Gasteiger partial charge is 0.497 e. The van der Waals surface area contributed by atoms with Gasteiger partial charge in [-0.1, -0.05) is 0 Å². The highest BCUT2D eigenvalue weighted by Gasteiger charge is 2.18. The van der Waals surface area contributed by atoms with E-state index in [9.17, 15) is 13.5 Å². The summed E-state index contributed by atoms with van der Waals surface area (Å²) in [4.78, 5) is 0.908. The molecule has 0 radical (unpaired) electrons. The molecule has 2 N–H and O–H groups in total. The first-order valence-corrected chi connectivity index (χ1v) is 8.66. The molecule has 0 aliphatic heterocycles. The molecule has 1 heterocycles. The second-order valence-corrected chi connectivity index (χ2v) is 7.23. The van der Waals surface area contributed by atoms with Crippen LogP contribution in [0.1, 0.15) is 16.5 Å². The molecule has 7 heteroatoms. The first kappa shape index (κ1) is 16.0. The maximum Gasteiger partial charge on any atom is 0.240 e. The van der Waals surface area contributed by atoms with Crippen molar-refractivity contribution in [1.29, 1.82) is 0 Å². The van der Waals surface area contributed by atoms with Crippen LogP contribution in [0.4, 0.5) is 0 Å². The van der Waals surface area contributed by atoms with Gasteiger partial charge in [0, 0.05) is 11.4 Å². The van der Waals surface area contributed by atoms with Crippen LogP contribution in [-0.4, -0.2) is 27.2 Å². The second kappa shape index (κ2) is 6.57. The van der Waals surface area contributed by atoms with Crippen LogP contribution in [0.15, 0.2) is 40.6 Å². The predicted octanol–water partition coefficient (Wildman–Crippen LogP) is 2.08. The first-order chi connectivity index (χ1) is 9.94. The molecule has 0 saturated heterocycles. The lowest BCUT2D eigenvalue weighted by Gasteiger charge is -2.12. The highest BCUT2D eigenvalue weighted by atomic mass is 32.2. The third-order valence-electron chi connectivity index (χ3n) is 3.04. The second-order valence-electron chi connectivity index (χ2n) is 4.51. The number of methoxy groups -OCH3 is 1. The molecule has 0 aliphatic carbocycles. The Bertz CT molecular complexity index is 692. The van der Waals surface area contributed by atoms with Crippen LogP contribution in [0.5, 0.6) is 5.75 Å². The molecule has 0 spiro atoms. The Morgan fingerprint density at radius 1 is 1.29 bits per heavy atom. The minimum Gasteiger partial charge on any atom is -0.497 e. The summed E-state index contributed by atoms with van der Waals surface area (Å²) >= 11 is 1.41. The van der Waals surface area contributed by atoms with E-state index in [1.807, 2.05) is 18.4 Å². The van der Waals surface area contributed by atoms with Crippen molar-refractivity contribution in [2.45, 2.75) is 17.9 Å². The lowest BCUT2D eigenvalue weighted by Crippen LogP contribution is -2.28. The molecule has 0 amide bonds. The maximum atomic E-state index is 12.1. The number of aliphatic hydroxyl groups is 1. The molecule has 5 nitrogen and oxygen atoms in total. The molecule has 21 heavy (non-hydrogen) atoms. The molecule has 1 aromatic carbocycles. The predicted molar refractivity (Wildman–Crippen MR) is 82.2 cm³/mol. The average molecular weight is 327 g/mol. The SMILES string of the molecule is COc1ccc(S(=O)(=O)NCC(O)c2sccc2C)cc1. The van der Waals surface area contributed by atoms with Crippen molar-refractivity contribution in [3.8, 4) is 5.75 Å². The van der Waals surface area contributed by atoms with Gasteiger partial charge in [-0.2, -0.15) is 0 Å². The number of benzene rings is 1. The summed E-state index contributed by atoms with van der Waals surface area (Å²) in [5.74, 6) is 0.586. The molecule has 0 saturated carbocycles. The van der Waals surface area contributed by atoms with Crippen molar-refractivity contribution in [3.05, 3.63) is 46.2 Å². The number of aryl methyl sites for hydroxylation is 1. The van der Waals surface area contributed by atoms with Crippen molar-refractivity contribution in [2.75, 3.05) is 13.7 Å². The van der Waals surface area contributed by atoms with E-state index in [2.05, 4.69) is 4.72 Å². The third kappa shape index (κ3) is 3.82. The van der Waals surface area contributed by atoms with Crippen LogP contribution in [0.3, 0.4) is 0 Å². The summed E-state index contributed by atoms with van der Waals surface area (Å²) in [7, 11) is -2.13. The molecule has 2 rings (SSSR count). The standard InChI is InChI=1S/C14H17NO4S2/c1-10-7-8-20-14(10)13(16)9-15-21(17,18)12-5-3-11(19-2)4-6-12/h3-8,13,15-16H,9H2,1-2H3. The Balaban J connectivity index is 2.05. The van der Waals surface area contributed by atoms with Crippen molar-refractivity contribution in [2.24, 2.45) is 0 Å². The van der Waals surface area contributed by atoms with Gasteiger partial charge in [0.05, 0.1) is 12.0 Å². The van der Waals surface area contributed by atoms with Gasteiger partial charge in [-0.15, -0.1) is 11.3 Å². The zero-order chi connectivity index (χ0) is 15.5. The Morgan fingerprint density at radius 2 is 1.95 bits per heavy atom. The minimum absolute atomic E-state index is 0.0598. The fourth-order valence-corrected chi connectivity index (χ4v) is 3.80. The number of hydrogen-bond donors (Lipinski definition) is 2. The van der Waals surface area contributed by atoms with Gasteiger partial charge in [-0.25, -0.2) is 13.1 Å². The summed E-state index contributed by atoms with van der Waals surface area (Å²) in [5.41, 5.74) is 0.955. The average Bonchev–Trinajstić information content (AvgIpc) is 2.91. The number of aliphatic hydroxyl groups excluding tert-OH is 1. The minimum atomic E-state index is -3.65. The first-order valence-electron chi connectivity index (χ1n) is 6.30. The number of nitrogens with one attached hydrogen (secondary N) is 1. The highest BCUT2D eigenvalue weighted by molar-refractivity contribution is 7.89. The lowest BCUT2D eigenvalue weighted by molar-refractivity contribution is 0.185. The van der Waals surface area contributed by atoms with Crippen molar-refractivity contribution < 1.29 is 18.3 Å². The topological polar surface area (TPSA) is 75.6 Å². The van der Waals surface area contributed by atoms with E-state index in [0.29, 0.717) is 5.75 Å². The summed E-state index contributed by atoms with van der Waals surface area (Å²) < 4.78 is 31.7. The summed E-state index contributed by atoms with van der Waals surface area (Å²) in [6, 6.07) is 7.97. The van der Waals surface area contributed by atoms with Crippen molar-refractivity contribution >= 4 is 21.4 Å². The smallest absolute Gasteiger partial charge is 0.240 e. The van der Waals surface area contributed by atoms with Gasteiger partial charge in [0.2, 0.25) is 10.0 Å². The van der Waals surface area contributed by atoms with E-state index < -0.39 is 16.1 Å². The molecular weight excluding hydrogens is 310 g/mol. The van der Waals surface area contributed by atoms with E-state index in [0.717, 1.165) is 10.4 Å². The monoisotopic (exact) mass is 327 g/mol. The van der Waals surface area contributed by atoms with Gasteiger partial charge in [0.25, 0.3) is 0 Å².